The highest BCUT2D eigenvalue weighted by molar-refractivity contribution is 5.80. The van der Waals surface area contributed by atoms with E-state index in [1.807, 2.05) is 24.2 Å². The average molecular weight is 390 g/mol. The number of unbranched alkanes of at least 4 members (excludes halogenated alkanes) is 1. The average Bonchev–Trinajstić information content (AvgIpc) is 3.12. The van der Waals surface area contributed by atoms with Gasteiger partial charge in [-0.15, -0.1) is 0 Å². The number of benzene rings is 1. The lowest BCUT2D eigenvalue weighted by Gasteiger charge is -2.37. The summed E-state index contributed by atoms with van der Waals surface area (Å²) in [4.78, 5) is 12.6. The molecule has 1 aromatic heterocycles. The molecule has 1 aliphatic heterocycles. The molecule has 28 heavy (non-hydrogen) atoms. The minimum atomic E-state index is -0.415. The van der Waals surface area contributed by atoms with Crippen LogP contribution in [0.2, 0.25) is 0 Å². The second-order valence-electron chi connectivity index (χ2n) is 6.92. The summed E-state index contributed by atoms with van der Waals surface area (Å²) in [6, 6.07) is 3.60. The van der Waals surface area contributed by atoms with E-state index in [2.05, 4.69) is 24.8 Å². The quantitative estimate of drug-likeness (QED) is 0.468. The number of nitrogens with zero attached hydrogens (tertiary/aromatic N) is 5. The van der Waals surface area contributed by atoms with Gasteiger partial charge in [-0.25, -0.2) is 13.8 Å². The Balaban J connectivity index is 1.42. The van der Waals surface area contributed by atoms with Gasteiger partial charge in [-0.2, -0.15) is 0 Å². The molecule has 1 fully saturated rings. The number of rotatable bonds is 6. The maximum Gasteiger partial charge on any atom is 0.193 e. The number of nitrogens with one attached hydrogen (secondary N) is 1. The highest BCUT2D eigenvalue weighted by Crippen LogP contribution is 2.21. The van der Waals surface area contributed by atoms with Crippen LogP contribution in [0.1, 0.15) is 18.7 Å². The van der Waals surface area contributed by atoms with E-state index < -0.39 is 5.82 Å². The SMILES string of the molecule is CN=C(NCCCCn1ccnc1C)N1CCN(c2cc(F)ccc2F)CC1. The van der Waals surface area contributed by atoms with Crippen molar-refractivity contribution in [1.82, 2.24) is 19.8 Å². The second kappa shape index (κ2) is 9.52. The van der Waals surface area contributed by atoms with Crippen molar-refractivity contribution in [2.75, 3.05) is 44.7 Å². The third-order valence-corrected chi connectivity index (χ3v) is 5.07. The normalized spacial score (nSPS) is 15.2. The molecule has 1 aromatic carbocycles. The zero-order valence-corrected chi connectivity index (χ0v) is 16.5. The molecule has 152 valence electrons. The molecule has 0 spiro atoms. The first-order valence-electron chi connectivity index (χ1n) is 9.72. The van der Waals surface area contributed by atoms with Gasteiger partial charge in [0.05, 0.1) is 5.69 Å². The van der Waals surface area contributed by atoms with Gasteiger partial charge in [0.15, 0.2) is 5.96 Å². The molecule has 2 heterocycles. The van der Waals surface area contributed by atoms with Crippen molar-refractivity contribution < 1.29 is 8.78 Å². The van der Waals surface area contributed by atoms with Gasteiger partial charge in [0.25, 0.3) is 0 Å². The van der Waals surface area contributed by atoms with Gasteiger partial charge in [-0.05, 0) is 31.9 Å². The predicted octanol–water partition coefficient (Wildman–Crippen LogP) is 2.65. The van der Waals surface area contributed by atoms with Crippen LogP contribution in [0.25, 0.3) is 0 Å². The number of guanidine groups is 1. The van der Waals surface area contributed by atoms with Crippen molar-refractivity contribution in [3.63, 3.8) is 0 Å². The molecule has 0 bridgehead atoms. The zero-order valence-electron chi connectivity index (χ0n) is 16.5. The molecule has 3 rings (SSSR count). The van der Waals surface area contributed by atoms with E-state index in [-0.39, 0.29) is 5.82 Å². The van der Waals surface area contributed by atoms with Crippen LogP contribution in [-0.4, -0.2) is 60.2 Å². The zero-order chi connectivity index (χ0) is 19.9. The Morgan fingerprint density at radius 1 is 1.18 bits per heavy atom. The number of aromatic nitrogens is 2. The smallest absolute Gasteiger partial charge is 0.193 e. The predicted molar refractivity (Wildman–Crippen MR) is 108 cm³/mol. The van der Waals surface area contributed by atoms with Gasteiger partial charge in [0.1, 0.15) is 17.5 Å². The Hall–Kier alpha value is -2.64. The van der Waals surface area contributed by atoms with Crippen LogP contribution in [0, 0.1) is 18.6 Å². The summed E-state index contributed by atoms with van der Waals surface area (Å²) in [5.74, 6) is 1.10. The molecule has 2 aromatic rings. The number of aliphatic imine (C=N–C) groups is 1. The van der Waals surface area contributed by atoms with Crippen LogP contribution in [0.3, 0.4) is 0 Å². The summed E-state index contributed by atoms with van der Waals surface area (Å²) < 4.78 is 29.6. The number of hydrogen-bond donors (Lipinski definition) is 1. The Bertz CT molecular complexity index is 796. The Morgan fingerprint density at radius 3 is 2.64 bits per heavy atom. The molecule has 0 unspecified atom stereocenters. The topological polar surface area (TPSA) is 48.7 Å². The second-order valence-corrected chi connectivity index (χ2v) is 6.92. The van der Waals surface area contributed by atoms with Crippen molar-refractivity contribution in [3.8, 4) is 0 Å². The van der Waals surface area contributed by atoms with E-state index in [1.165, 1.54) is 12.1 Å². The highest BCUT2D eigenvalue weighted by Gasteiger charge is 2.21. The molecule has 0 aliphatic carbocycles. The van der Waals surface area contributed by atoms with Crippen molar-refractivity contribution in [1.29, 1.82) is 0 Å². The van der Waals surface area contributed by atoms with E-state index in [0.717, 1.165) is 43.8 Å². The van der Waals surface area contributed by atoms with E-state index >= 15 is 0 Å². The maximum atomic E-state index is 14.0. The fourth-order valence-corrected chi connectivity index (χ4v) is 3.47. The Labute approximate surface area is 164 Å². The number of imidazole rings is 1. The van der Waals surface area contributed by atoms with Gasteiger partial charge in [-0.3, -0.25) is 4.99 Å². The fourth-order valence-electron chi connectivity index (χ4n) is 3.47. The third kappa shape index (κ3) is 4.99. The number of halogens is 2. The molecule has 0 radical (unpaired) electrons. The summed E-state index contributed by atoms with van der Waals surface area (Å²) in [7, 11) is 1.77. The Kier molecular flexibility index (Phi) is 6.84. The number of piperazine rings is 1. The molecule has 0 amide bonds. The van der Waals surface area contributed by atoms with E-state index in [1.54, 1.807) is 7.05 Å². The van der Waals surface area contributed by atoms with Crippen LogP contribution in [-0.2, 0) is 6.54 Å². The molecule has 1 aliphatic rings. The number of hydrogen-bond acceptors (Lipinski definition) is 3. The molecule has 1 N–H and O–H groups in total. The van der Waals surface area contributed by atoms with E-state index in [9.17, 15) is 8.78 Å². The lowest BCUT2D eigenvalue weighted by Crippen LogP contribution is -2.52. The molecule has 6 nitrogen and oxygen atoms in total. The van der Waals surface area contributed by atoms with E-state index in [0.29, 0.717) is 31.9 Å². The lowest BCUT2D eigenvalue weighted by atomic mass is 10.2. The minimum absolute atomic E-state index is 0.331. The van der Waals surface area contributed by atoms with Gasteiger partial charge < -0.3 is 19.7 Å². The fraction of sp³-hybridized carbons (Fsp3) is 0.500. The molecule has 0 saturated carbocycles. The highest BCUT2D eigenvalue weighted by atomic mass is 19.1. The Morgan fingerprint density at radius 2 is 1.96 bits per heavy atom. The van der Waals surface area contributed by atoms with Crippen LogP contribution >= 0.6 is 0 Å². The molecular weight excluding hydrogens is 362 g/mol. The first-order chi connectivity index (χ1) is 13.6. The first kappa shape index (κ1) is 20.1. The maximum absolute atomic E-state index is 14.0. The first-order valence-corrected chi connectivity index (χ1v) is 9.72. The summed E-state index contributed by atoms with van der Waals surface area (Å²) in [5.41, 5.74) is 0.331. The van der Waals surface area contributed by atoms with Crippen LogP contribution in [0.15, 0.2) is 35.6 Å². The van der Waals surface area contributed by atoms with Crippen LogP contribution < -0.4 is 10.2 Å². The van der Waals surface area contributed by atoms with Crippen LogP contribution in [0.4, 0.5) is 14.5 Å². The van der Waals surface area contributed by atoms with Crippen molar-refractivity contribution in [2.24, 2.45) is 4.99 Å². The monoisotopic (exact) mass is 390 g/mol. The summed E-state index contributed by atoms with van der Waals surface area (Å²) >= 11 is 0. The number of aryl methyl sites for hydroxylation is 2. The van der Waals surface area contributed by atoms with Crippen molar-refractivity contribution >= 4 is 11.6 Å². The lowest BCUT2D eigenvalue weighted by molar-refractivity contribution is 0.370. The summed E-state index contributed by atoms with van der Waals surface area (Å²) in [6.45, 7) is 6.49. The molecular formula is C20H28F2N6. The van der Waals surface area contributed by atoms with Gasteiger partial charge >= 0.3 is 0 Å². The molecule has 8 heteroatoms. The third-order valence-electron chi connectivity index (χ3n) is 5.07. The number of anilines is 1. The molecule has 1 saturated heterocycles. The van der Waals surface area contributed by atoms with Crippen LogP contribution in [0.5, 0.6) is 0 Å². The van der Waals surface area contributed by atoms with Gasteiger partial charge in [-0.1, -0.05) is 0 Å². The van der Waals surface area contributed by atoms with Crippen molar-refractivity contribution in [3.05, 3.63) is 48.1 Å². The van der Waals surface area contributed by atoms with E-state index in [4.69, 9.17) is 0 Å². The summed E-state index contributed by atoms with van der Waals surface area (Å²) in [5, 5.41) is 3.41. The van der Waals surface area contributed by atoms with Gasteiger partial charge in [0.2, 0.25) is 0 Å². The standard InChI is InChI=1S/C20H28F2N6/c1-16-24-8-10-26(16)9-4-3-7-25-20(23-2)28-13-11-27(12-14-28)19-15-17(21)5-6-18(19)22/h5-6,8,10,15H,3-4,7,9,11-14H2,1-2H3,(H,23,25). The molecule has 0 atom stereocenters. The summed E-state index contributed by atoms with van der Waals surface area (Å²) in [6.07, 6.45) is 5.92. The minimum Gasteiger partial charge on any atom is -0.366 e. The largest absolute Gasteiger partial charge is 0.366 e. The van der Waals surface area contributed by atoms with Gasteiger partial charge in [0, 0.05) is 64.8 Å². The van der Waals surface area contributed by atoms with Crippen molar-refractivity contribution in [2.45, 2.75) is 26.3 Å².